The Morgan fingerprint density at radius 1 is 1.22 bits per heavy atom. The first-order valence-corrected chi connectivity index (χ1v) is 5.91. The molecule has 2 rings (SSSR count). The maximum absolute atomic E-state index is 11.2. The van der Waals surface area contributed by atoms with Crippen LogP contribution in [0.15, 0.2) is 36.7 Å². The molecule has 1 N–H and O–H groups in total. The van der Waals surface area contributed by atoms with Crippen molar-refractivity contribution in [3.63, 3.8) is 0 Å². The van der Waals surface area contributed by atoms with Crippen LogP contribution in [-0.2, 0) is 0 Å². The van der Waals surface area contributed by atoms with Crippen LogP contribution in [0.3, 0.4) is 0 Å². The summed E-state index contributed by atoms with van der Waals surface area (Å²) in [4.78, 5) is 12.4. The van der Waals surface area contributed by atoms with Crippen molar-refractivity contribution >= 4 is 17.7 Å². The molecule has 94 valence electrons. The van der Waals surface area contributed by atoms with Gasteiger partial charge in [-0.2, -0.15) is 0 Å². The Balaban J connectivity index is 2.63. The minimum Gasteiger partial charge on any atom is -0.464 e. The maximum atomic E-state index is 11.2. The van der Waals surface area contributed by atoms with Crippen LogP contribution < -0.4 is 0 Å². The molecule has 0 aromatic heterocycles. The van der Waals surface area contributed by atoms with Crippen molar-refractivity contribution < 1.29 is 9.90 Å². The van der Waals surface area contributed by atoms with E-state index in [1.807, 2.05) is 30.3 Å². The Bertz CT molecular complexity index is 536. The Hall–Kier alpha value is -2.03. The molecule has 0 saturated carbocycles. The van der Waals surface area contributed by atoms with Gasteiger partial charge < -0.3 is 5.11 Å². The van der Waals surface area contributed by atoms with Gasteiger partial charge in [0.25, 0.3) is 0 Å². The van der Waals surface area contributed by atoms with Gasteiger partial charge in [-0.05, 0) is 28.2 Å². The SMILES string of the molecule is CC(C)(C)C1=CN(C(=O)O)C=Cc2ccccc21. The molecule has 0 bridgehead atoms. The summed E-state index contributed by atoms with van der Waals surface area (Å²) in [6.45, 7) is 6.25. The molecule has 0 unspecified atom stereocenters. The fourth-order valence-electron chi connectivity index (χ4n) is 2.02. The highest BCUT2D eigenvalue weighted by atomic mass is 16.4. The number of fused-ring (bicyclic) bond motifs is 1. The zero-order chi connectivity index (χ0) is 13.3. The molecule has 0 spiro atoms. The van der Waals surface area contributed by atoms with Gasteiger partial charge in [0, 0.05) is 12.4 Å². The highest BCUT2D eigenvalue weighted by Crippen LogP contribution is 2.37. The van der Waals surface area contributed by atoms with Gasteiger partial charge in [-0.25, -0.2) is 4.79 Å². The summed E-state index contributed by atoms with van der Waals surface area (Å²) in [5.74, 6) is 0. The molecule has 0 atom stereocenters. The standard InChI is InChI=1S/C15H17NO2/c1-15(2,3)13-10-16(14(17)18)9-8-11-6-4-5-7-12(11)13/h4-10H,1-3H3,(H,17,18). The van der Waals surface area contributed by atoms with E-state index in [1.165, 1.54) is 4.90 Å². The number of benzene rings is 1. The molecule has 1 aliphatic rings. The van der Waals surface area contributed by atoms with Crippen LogP contribution in [0, 0.1) is 5.41 Å². The number of hydrogen-bond acceptors (Lipinski definition) is 1. The molecular formula is C15H17NO2. The fourth-order valence-corrected chi connectivity index (χ4v) is 2.02. The molecule has 1 heterocycles. The highest BCUT2D eigenvalue weighted by molar-refractivity contribution is 5.82. The summed E-state index contributed by atoms with van der Waals surface area (Å²) in [5, 5.41) is 9.16. The van der Waals surface area contributed by atoms with Crippen molar-refractivity contribution in [3.05, 3.63) is 47.8 Å². The molecule has 1 amide bonds. The molecule has 0 saturated heterocycles. The zero-order valence-corrected chi connectivity index (χ0v) is 10.8. The number of hydrogen-bond donors (Lipinski definition) is 1. The van der Waals surface area contributed by atoms with Gasteiger partial charge in [-0.15, -0.1) is 0 Å². The number of carbonyl (C=O) groups is 1. The number of rotatable bonds is 0. The number of amides is 1. The summed E-state index contributed by atoms with van der Waals surface area (Å²) in [5.41, 5.74) is 3.04. The Morgan fingerprint density at radius 3 is 2.50 bits per heavy atom. The zero-order valence-electron chi connectivity index (χ0n) is 10.8. The lowest BCUT2D eigenvalue weighted by Crippen LogP contribution is -2.19. The molecule has 3 nitrogen and oxygen atoms in total. The van der Waals surface area contributed by atoms with Crippen LogP contribution >= 0.6 is 0 Å². The van der Waals surface area contributed by atoms with E-state index in [1.54, 1.807) is 12.4 Å². The van der Waals surface area contributed by atoms with Gasteiger partial charge in [0.15, 0.2) is 0 Å². The van der Waals surface area contributed by atoms with Crippen molar-refractivity contribution in [2.45, 2.75) is 20.8 Å². The van der Waals surface area contributed by atoms with E-state index in [2.05, 4.69) is 20.8 Å². The third-order valence-corrected chi connectivity index (χ3v) is 2.96. The first-order chi connectivity index (χ1) is 8.39. The van der Waals surface area contributed by atoms with Crippen molar-refractivity contribution in [1.29, 1.82) is 0 Å². The number of carboxylic acid groups (broad SMARTS) is 1. The molecule has 1 aromatic carbocycles. The number of nitrogens with zero attached hydrogens (tertiary/aromatic N) is 1. The monoisotopic (exact) mass is 243 g/mol. The summed E-state index contributed by atoms with van der Waals surface area (Å²) in [6.07, 6.45) is 4.14. The lowest BCUT2D eigenvalue weighted by Gasteiger charge is -2.25. The molecule has 1 aliphatic heterocycles. The Morgan fingerprint density at radius 2 is 1.89 bits per heavy atom. The van der Waals surface area contributed by atoms with Crippen molar-refractivity contribution in [1.82, 2.24) is 4.90 Å². The summed E-state index contributed by atoms with van der Waals surface area (Å²) < 4.78 is 0. The molecule has 18 heavy (non-hydrogen) atoms. The number of allylic oxidation sites excluding steroid dienone is 1. The van der Waals surface area contributed by atoms with E-state index < -0.39 is 6.09 Å². The molecule has 3 heteroatoms. The van der Waals surface area contributed by atoms with Crippen LogP contribution in [-0.4, -0.2) is 16.1 Å². The third-order valence-electron chi connectivity index (χ3n) is 2.96. The molecule has 0 aliphatic carbocycles. The topological polar surface area (TPSA) is 40.5 Å². The smallest absolute Gasteiger partial charge is 0.415 e. The van der Waals surface area contributed by atoms with Crippen LogP contribution in [0.5, 0.6) is 0 Å². The van der Waals surface area contributed by atoms with Gasteiger partial charge in [-0.3, -0.25) is 4.90 Å². The first kappa shape index (κ1) is 12.4. The van der Waals surface area contributed by atoms with Gasteiger partial charge in [0.05, 0.1) is 0 Å². The van der Waals surface area contributed by atoms with Crippen molar-refractivity contribution in [3.8, 4) is 0 Å². The van der Waals surface area contributed by atoms with Crippen molar-refractivity contribution in [2.75, 3.05) is 0 Å². The van der Waals surface area contributed by atoms with Crippen LogP contribution in [0.1, 0.15) is 31.9 Å². The average molecular weight is 243 g/mol. The van der Waals surface area contributed by atoms with Crippen molar-refractivity contribution in [2.24, 2.45) is 5.41 Å². The fraction of sp³-hybridized carbons (Fsp3) is 0.267. The summed E-state index contributed by atoms with van der Waals surface area (Å²) >= 11 is 0. The lowest BCUT2D eigenvalue weighted by atomic mass is 9.81. The summed E-state index contributed by atoms with van der Waals surface area (Å²) in [7, 11) is 0. The normalized spacial score (nSPS) is 14.8. The third kappa shape index (κ3) is 2.30. The largest absolute Gasteiger partial charge is 0.464 e. The highest BCUT2D eigenvalue weighted by Gasteiger charge is 2.24. The lowest BCUT2D eigenvalue weighted by molar-refractivity contribution is 0.175. The second-order valence-corrected chi connectivity index (χ2v) is 5.39. The van der Waals surface area contributed by atoms with Gasteiger partial charge in [0.1, 0.15) is 0 Å². The van der Waals surface area contributed by atoms with E-state index >= 15 is 0 Å². The van der Waals surface area contributed by atoms with Crippen LogP contribution in [0.4, 0.5) is 4.79 Å². The van der Waals surface area contributed by atoms with Crippen LogP contribution in [0.2, 0.25) is 0 Å². The van der Waals surface area contributed by atoms with E-state index in [4.69, 9.17) is 5.11 Å². The molecule has 0 fully saturated rings. The predicted octanol–water partition coefficient (Wildman–Crippen LogP) is 4.04. The van der Waals surface area contributed by atoms with Gasteiger partial charge in [0.2, 0.25) is 0 Å². The van der Waals surface area contributed by atoms with E-state index in [0.29, 0.717) is 0 Å². The second kappa shape index (κ2) is 4.33. The van der Waals surface area contributed by atoms with E-state index in [0.717, 1.165) is 16.7 Å². The molecular weight excluding hydrogens is 226 g/mol. The second-order valence-electron chi connectivity index (χ2n) is 5.39. The van der Waals surface area contributed by atoms with E-state index in [9.17, 15) is 4.79 Å². The average Bonchev–Trinajstić information content (AvgIpc) is 2.47. The minimum absolute atomic E-state index is 0.115. The van der Waals surface area contributed by atoms with Gasteiger partial charge in [-0.1, -0.05) is 45.0 Å². The van der Waals surface area contributed by atoms with Crippen LogP contribution in [0.25, 0.3) is 11.6 Å². The van der Waals surface area contributed by atoms with Gasteiger partial charge >= 0.3 is 6.09 Å². The quantitative estimate of drug-likeness (QED) is 0.747. The minimum atomic E-state index is -0.971. The maximum Gasteiger partial charge on any atom is 0.415 e. The first-order valence-electron chi connectivity index (χ1n) is 5.91. The Kier molecular flexibility index (Phi) is 2.99. The van der Waals surface area contributed by atoms with E-state index in [-0.39, 0.29) is 5.41 Å². The predicted molar refractivity (Wildman–Crippen MR) is 72.8 cm³/mol. The summed E-state index contributed by atoms with van der Waals surface area (Å²) in [6, 6.07) is 7.96. The molecule has 0 radical (unpaired) electrons. The Labute approximate surface area is 107 Å². The molecule has 1 aromatic rings.